The van der Waals surface area contributed by atoms with Gasteiger partial charge in [-0.3, -0.25) is 4.79 Å². The zero-order chi connectivity index (χ0) is 28.1. The first kappa shape index (κ1) is 29.1. The Morgan fingerprint density at radius 3 is 2.61 bits per heavy atom. The number of aliphatic carboxylic acids is 1. The number of ketones is 1. The molecule has 0 spiro atoms. The van der Waals surface area contributed by atoms with Gasteiger partial charge in [0.2, 0.25) is 0 Å². The minimum Gasteiger partial charge on any atom is -0.487 e. The van der Waals surface area contributed by atoms with Gasteiger partial charge in [0.15, 0.2) is 0 Å². The van der Waals surface area contributed by atoms with Gasteiger partial charge in [0.1, 0.15) is 22.9 Å². The molecule has 0 bridgehead atoms. The number of benzene rings is 1. The second-order valence-corrected chi connectivity index (χ2v) is 11.3. The molecule has 10 heteroatoms. The highest BCUT2D eigenvalue weighted by atomic mass is 16.9. The van der Waals surface area contributed by atoms with E-state index in [0.29, 0.717) is 42.7 Å². The molecule has 1 N–H and O–H groups in total. The Hall–Kier alpha value is -3.43. The Morgan fingerprint density at radius 1 is 1.21 bits per heavy atom. The Labute approximate surface area is 222 Å². The SMILES string of the molecule is CC(C)(CCCCCCO[N+](=O)[O-])c1cc(OC(=O)C=CC(=O)O)c2c(c1)OC(C)(C)[C@H]1CCC(=O)C[C@@H]21. The van der Waals surface area contributed by atoms with E-state index in [1.807, 2.05) is 26.0 Å². The van der Waals surface area contributed by atoms with E-state index >= 15 is 0 Å². The molecule has 0 amide bonds. The van der Waals surface area contributed by atoms with E-state index in [2.05, 4.69) is 18.7 Å². The highest BCUT2D eigenvalue weighted by Gasteiger charge is 2.48. The second-order valence-electron chi connectivity index (χ2n) is 11.3. The monoisotopic (exact) mass is 531 g/mol. The third kappa shape index (κ3) is 7.33. The van der Waals surface area contributed by atoms with E-state index in [1.165, 1.54) is 0 Å². The van der Waals surface area contributed by atoms with Crippen molar-refractivity contribution in [1.82, 2.24) is 0 Å². The summed E-state index contributed by atoms with van der Waals surface area (Å²) in [4.78, 5) is 50.5. The number of rotatable bonds is 12. The van der Waals surface area contributed by atoms with Crippen LogP contribution in [0.25, 0.3) is 0 Å². The predicted octanol–water partition coefficient (Wildman–Crippen LogP) is 5.29. The number of esters is 1. The van der Waals surface area contributed by atoms with Crippen LogP contribution < -0.4 is 9.47 Å². The molecule has 1 heterocycles. The minimum atomic E-state index is -1.26. The maximum absolute atomic E-state index is 12.5. The van der Waals surface area contributed by atoms with Crippen molar-refractivity contribution in [3.8, 4) is 11.5 Å². The third-order valence-corrected chi connectivity index (χ3v) is 7.66. The van der Waals surface area contributed by atoms with Crippen LogP contribution in [0.2, 0.25) is 0 Å². The molecule has 0 saturated heterocycles. The quantitative estimate of drug-likeness (QED) is 0.0950. The van der Waals surface area contributed by atoms with Crippen LogP contribution in [0.4, 0.5) is 0 Å². The fraction of sp³-hybridized carbons (Fsp3) is 0.607. The molecule has 0 radical (unpaired) electrons. The number of hydrogen-bond acceptors (Lipinski definition) is 8. The fourth-order valence-corrected chi connectivity index (χ4v) is 5.62. The molecule has 38 heavy (non-hydrogen) atoms. The topological polar surface area (TPSA) is 142 Å². The summed E-state index contributed by atoms with van der Waals surface area (Å²) in [5.41, 5.74) is 0.744. The molecule has 1 saturated carbocycles. The Morgan fingerprint density at radius 2 is 1.92 bits per heavy atom. The van der Waals surface area contributed by atoms with Crippen LogP contribution in [0.15, 0.2) is 24.3 Å². The number of hydrogen-bond donors (Lipinski definition) is 1. The van der Waals surface area contributed by atoms with E-state index in [-0.39, 0.29) is 29.6 Å². The summed E-state index contributed by atoms with van der Waals surface area (Å²) in [6.45, 7) is 8.29. The van der Waals surface area contributed by atoms with E-state index in [4.69, 9.17) is 14.6 Å². The van der Waals surface area contributed by atoms with Crippen molar-refractivity contribution in [2.75, 3.05) is 6.61 Å². The summed E-state index contributed by atoms with van der Waals surface area (Å²) >= 11 is 0. The van der Waals surface area contributed by atoms with Crippen LogP contribution in [0.5, 0.6) is 11.5 Å². The standard InChI is InChI=1S/C28H37NO9/c1-27(2,13-7-5-6-8-14-36-29(34)35)18-15-22(37-25(33)12-11-24(31)32)26-20-17-19(30)9-10-21(20)28(3,4)38-23(26)16-18/h11-12,15-16,20-21H,5-10,13-14,17H2,1-4H3,(H,31,32)/t20-,21+/m1/s1. The number of Topliss-reactive ketones (excluding diaryl/α,β-unsaturated/α-hetero) is 1. The smallest absolute Gasteiger partial charge is 0.336 e. The summed E-state index contributed by atoms with van der Waals surface area (Å²) in [6, 6.07) is 3.79. The largest absolute Gasteiger partial charge is 0.487 e. The van der Waals surface area contributed by atoms with Gasteiger partial charge in [-0.2, -0.15) is 0 Å². The average molecular weight is 532 g/mol. The van der Waals surface area contributed by atoms with E-state index in [0.717, 1.165) is 43.4 Å². The molecule has 10 nitrogen and oxygen atoms in total. The van der Waals surface area contributed by atoms with Crippen molar-refractivity contribution in [2.45, 2.75) is 96.0 Å². The maximum atomic E-state index is 12.5. The second kappa shape index (κ2) is 12.0. The molecule has 0 unspecified atom stereocenters. The van der Waals surface area contributed by atoms with E-state index in [1.54, 1.807) is 0 Å². The maximum Gasteiger partial charge on any atom is 0.336 e. The van der Waals surface area contributed by atoms with Gasteiger partial charge in [-0.25, -0.2) is 9.59 Å². The van der Waals surface area contributed by atoms with Gasteiger partial charge in [0.05, 0.1) is 6.61 Å². The first-order valence-corrected chi connectivity index (χ1v) is 13.1. The van der Waals surface area contributed by atoms with Gasteiger partial charge in [0.25, 0.3) is 5.09 Å². The molecule has 1 aromatic rings. The number of carboxylic acid groups (broad SMARTS) is 1. The van der Waals surface area contributed by atoms with Crippen molar-refractivity contribution < 1.29 is 38.9 Å². The normalized spacial score (nSPS) is 20.3. The Kier molecular flexibility index (Phi) is 9.17. The van der Waals surface area contributed by atoms with Crippen molar-refractivity contribution >= 4 is 17.7 Å². The lowest BCUT2D eigenvalue weighted by atomic mass is 9.66. The van der Waals surface area contributed by atoms with Gasteiger partial charge in [0, 0.05) is 42.4 Å². The highest BCUT2D eigenvalue weighted by Crippen LogP contribution is 2.55. The van der Waals surface area contributed by atoms with Crippen LogP contribution in [-0.2, 0) is 24.6 Å². The van der Waals surface area contributed by atoms with Crippen molar-refractivity contribution in [3.05, 3.63) is 45.5 Å². The summed E-state index contributed by atoms with van der Waals surface area (Å²) < 4.78 is 12.2. The Balaban J connectivity index is 1.89. The van der Waals surface area contributed by atoms with E-state index < -0.39 is 22.6 Å². The average Bonchev–Trinajstić information content (AvgIpc) is 2.81. The molecule has 1 aliphatic heterocycles. The van der Waals surface area contributed by atoms with Gasteiger partial charge in [-0.1, -0.05) is 33.1 Å². The molecular formula is C28H37NO9. The molecule has 1 fully saturated rings. The van der Waals surface area contributed by atoms with Gasteiger partial charge in [-0.15, -0.1) is 10.1 Å². The summed E-state index contributed by atoms with van der Waals surface area (Å²) in [5.74, 6) is -1.14. The molecule has 2 atom stereocenters. The number of carboxylic acids is 1. The zero-order valence-electron chi connectivity index (χ0n) is 22.5. The third-order valence-electron chi connectivity index (χ3n) is 7.66. The van der Waals surface area contributed by atoms with Crippen LogP contribution in [0.3, 0.4) is 0 Å². The molecule has 3 rings (SSSR count). The van der Waals surface area contributed by atoms with Crippen molar-refractivity contribution in [3.63, 3.8) is 0 Å². The summed E-state index contributed by atoms with van der Waals surface area (Å²) in [5, 5.41) is 18.4. The fourth-order valence-electron chi connectivity index (χ4n) is 5.62. The lowest BCUT2D eigenvalue weighted by molar-refractivity contribution is -0.757. The number of carbonyl (C=O) groups excluding carboxylic acids is 2. The molecule has 1 aromatic carbocycles. The number of unbranched alkanes of at least 4 members (excludes halogenated alkanes) is 3. The predicted molar refractivity (Wildman–Crippen MR) is 138 cm³/mol. The zero-order valence-corrected chi connectivity index (χ0v) is 22.5. The van der Waals surface area contributed by atoms with E-state index in [9.17, 15) is 24.5 Å². The number of fused-ring (bicyclic) bond motifs is 3. The molecular weight excluding hydrogens is 494 g/mol. The van der Waals surface area contributed by atoms with Crippen LogP contribution in [0, 0.1) is 16.0 Å². The molecule has 0 aromatic heterocycles. The molecule has 2 aliphatic rings. The molecule has 208 valence electrons. The lowest BCUT2D eigenvalue weighted by Gasteiger charge is -2.47. The molecule has 1 aliphatic carbocycles. The summed E-state index contributed by atoms with van der Waals surface area (Å²) in [7, 11) is 0. The Bertz CT molecular complexity index is 1110. The van der Waals surface area contributed by atoms with Crippen LogP contribution >= 0.6 is 0 Å². The first-order chi connectivity index (χ1) is 17.8. The minimum absolute atomic E-state index is 0.0675. The van der Waals surface area contributed by atoms with Crippen LogP contribution in [-0.4, -0.2) is 40.1 Å². The first-order valence-electron chi connectivity index (χ1n) is 13.1. The highest BCUT2D eigenvalue weighted by molar-refractivity contribution is 5.92. The van der Waals surface area contributed by atoms with Crippen molar-refractivity contribution in [1.29, 1.82) is 0 Å². The summed E-state index contributed by atoms with van der Waals surface area (Å²) in [6.07, 6.45) is 7.08. The van der Waals surface area contributed by atoms with Crippen molar-refractivity contribution in [2.24, 2.45) is 5.92 Å². The number of nitrogens with zero attached hydrogens (tertiary/aromatic N) is 1. The van der Waals surface area contributed by atoms with Gasteiger partial charge >= 0.3 is 11.9 Å². The van der Waals surface area contributed by atoms with Gasteiger partial charge in [-0.05, 0) is 56.2 Å². The van der Waals surface area contributed by atoms with Gasteiger partial charge < -0.3 is 19.4 Å². The number of carbonyl (C=O) groups is 3. The van der Waals surface area contributed by atoms with Crippen LogP contribution in [0.1, 0.15) is 96.1 Å². The lowest BCUT2D eigenvalue weighted by Crippen LogP contribution is -2.47. The number of ether oxygens (including phenoxy) is 2.